The number of fused-ring (bicyclic) bond motifs is 1. The van der Waals surface area contributed by atoms with Crippen LogP contribution in [0, 0.1) is 0 Å². The van der Waals surface area contributed by atoms with Crippen LogP contribution in [-0.4, -0.2) is 44.5 Å². The standard InChI is InChI=1S/C23H21F3N5O6P.2Na.2H/c1-13(14-5-4-6-16(9-14)21(32)27-2)30-12-28-19-10-15(7-8-17(19)22(30)33)18-11-29-31(20(18)23(24,25)26)37-38(34,35)36-3;;;;/h4-13H,1-3H3,(H,27,32)(H,34,35);;;;/q;2*+1;2*-1/t13-;;;;/m1..../s1. The number of aromatic nitrogens is 4. The van der Waals surface area contributed by atoms with Gasteiger partial charge in [-0.25, -0.2) is 9.55 Å². The zero-order valence-electron chi connectivity index (χ0n) is 24.1. The van der Waals surface area contributed by atoms with Crippen LogP contribution in [0.1, 0.15) is 37.4 Å². The minimum absolute atomic E-state index is 0. The van der Waals surface area contributed by atoms with Crippen molar-refractivity contribution < 1.29 is 98.5 Å². The van der Waals surface area contributed by atoms with Crippen LogP contribution in [0.2, 0.25) is 0 Å². The van der Waals surface area contributed by atoms with E-state index >= 15 is 0 Å². The fourth-order valence-electron chi connectivity index (χ4n) is 3.82. The van der Waals surface area contributed by atoms with Gasteiger partial charge in [0.1, 0.15) is 0 Å². The van der Waals surface area contributed by atoms with E-state index in [1.807, 2.05) is 0 Å². The molecule has 0 aliphatic rings. The zero-order valence-corrected chi connectivity index (χ0v) is 27.0. The molecule has 2 heterocycles. The van der Waals surface area contributed by atoms with E-state index in [0.29, 0.717) is 11.1 Å². The van der Waals surface area contributed by atoms with Crippen LogP contribution in [0.3, 0.4) is 0 Å². The normalized spacial score (nSPS) is 13.5. The molecule has 0 saturated heterocycles. The Hall–Kier alpha value is -2.00. The van der Waals surface area contributed by atoms with Gasteiger partial charge in [-0.1, -0.05) is 23.0 Å². The first-order chi connectivity index (χ1) is 17.9. The molecule has 0 spiro atoms. The Morgan fingerprint density at radius 1 is 1.20 bits per heavy atom. The number of halogens is 3. The van der Waals surface area contributed by atoms with E-state index in [1.165, 1.54) is 36.1 Å². The van der Waals surface area contributed by atoms with Crippen LogP contribution >= 0.6 is 7.82 Å². The average Bonchev–Trinajstić information content (AvgIpc) is 3.31. The van der Waals surface area contributed by atoms with E-state index in [2.05, 4.69) is 24.5 Å². The molecule has 204 valence electrons. The van der Waals surface area contributed by atoms with Crippen molar-refractivity contribution in [3.63, 3.8) is 0 Å². The molecule has 2 aromatic heterocycles. The van der Waals surface area contributed by atoms with Crippen LogP contribution in [0.5, 0.6) is 0 Å². The quantitative estimate of drug-likeness (QED) is 0.178. The van der Waals surface area contributed by atoms with Gasteiger partial charge in [-0.05, 0) is 42.3 Å². The molecule has 4 aromatic rings. The summed E-state index contributed by atoms with van der Waals surface area (Å²) in [6.45, 7) is 1.75. The summed E-state index contributed by atoms with van der Waals surface area (Å²) in [5.74, 6) is -0.286. The summed E-state index contributed by atoms with van der Waals surface area (Å²) in [5.41, 5.74) is -1.19. The topological polar surface area (TPSA) is 138 Å². The SMILES string of the molecule is CNC(=O)c1cccc([C@@H](C)n2cnc3cc(-c4cnn(OP(=O)(O)OC)c4C(F)(F)F)ccc3c2=O)c1.[H-].[H-].[Na+].[Na+]. The van der Waals surface area contributed by atoms with Gasteiger partial charge in [0.05, 0.1) is 29.5 Å². The molecule has 1 unspecified atom stereocenters. The third-order valence-electron chi connectivity index (χ3n) is 5.79. The molecular weight excluding hydrogens is 576 g/mol. The molecule has 1 amide bonds. The molecule has 2 N–H and O–H groups in total. The molecule has 40 heavy (non-hydrogen) atoms. The van der Waals surface area contributed by atoms with Crippen molar-refractivity contribution in [1.29, 1.82) is 0 Å². The number of hydrogen-bond acceptors (Lipinski definition) is 7. The van der Waals surface area contributed by atoms with Gasteiger partial charge < -0.3 is 8.17 Å². The molecular formula is C23H23F3N5Na2O6P. The van der Waals surface area contributed by atoms with Crippen LogP contribution in [0.4, 0.5) is 13.2 Å². The summed E-state index contributed by atoms with van der Waals surface area (Å²) < 4.78 is 63.1. The first-order valence-corrected chi connectivity index (χ1v) is 12.4. The maximum atomic E-state index is 13.8. The fourth-order valence-corrected chi connectivity index (χ4v) is 4.21. The van der Waals surface area contributed by atoms with Crippen LogP contribution in [-0.2, 0) is 15.3 Å². The van der Waals surface area contributed by atoms with E-state index in [0.717, 1.165) is 13.3 Å². The Bertz CT molecular complexity index is 1660. The van der Waals surface area contributed by atoms with E-state index in [4.69, 9.17) is 0 Å². The van der Waals surface area contributed by atoms with Gasteiger partial charge in [0.2, 0.25) is 0 Å². The van der Waals surface area contributed by atoms with Gasteiger partial charge in [-0.15, -0.1) is 5.10 Å². The number of benzene rings is 2. The monoisotopic (exact) mass is 599 g/mol. The largest absolute Gasteiger partial charge is 1.00 e. The number of carbonyl (C=O) groups is 1. The van der Waals surface area contributed by atoms with Crippen molar-refractivity contribution in [3.8, 4) is 11.1 Å². The molecule has 2 aromatic carbocycles. The number of alkyl halides is 3. The molecule has 0 fully saturated rings. The number of phosphoric acid groups is 1. The van der Waals surface area contributed by atoms with E-state index in [9.17, 15) is 32.2 Å². The summed E-state index contributed by atoms with van der Waals surface area (Å²) in [5, 5.41) is 6.11. The maximum absolute atomic E-state index is 13.8. The number of hydrogen-bond donors (Lipinski definition) is 2. The third kappa shape index (κ3) is 7.07. The van der Waals surface area contributed by atoms with Crippen molar-refractivity contribution in [2.75, 3.05) is 14.2 Å². The molecule has 0 saturated carbocycles. The predicted molar refractivity (Wildman–Crippen MR) is 132 cm³/mol. The van der Waals surface area contributed by atoms with Gasteiger partial charge in [0, 0.05) is 25.3 Å². The molecule has 4 rings (SSSR count). The smallest absolute Gasteiger partial charge is 1.00 e. The number of nitrogens with zero attached hydrogens (tertiary/aromatic N) is 4. The van der Waals surface area contributed by atoms with E-state index in [-0.39, 0.29) is 89.2 Å². The van der Waals surface area contributed by atoms with Crippen LogP contribution < -0.4 is 74.6 Å². The van der Waals surface area contributed by atoms with Crippen LogP contribution in [0.25, 0.3) is 22.0 Å². The number of rotatable bonds is 7. The molecule has 2 atom stereocenters. The second-order valence-corrected chi connectivity index (χ2v) is 9.55. The Morgan fingerprint density at radius 3 is 2.52 bits per heavy atom. The number of nitrogens with one attached hydrogen (secondary N) is 1. The predicted octanol–water partition coefficient (Wildman–Crippen LogP) is -2.34. The average molecular weight is 599 g/mol. The van der Waals surface area contributed by atoms with Gasteiger partial charge in [0.25, 0.3) is 11.5 Å². The van der Waals surface area contributed by atoms with E-state index in [1.54, 1.807) is 31.2 Å². The summed E-state index contributed by atoms with van der Waals surface area (Å²) >= 11 is 0. The first kappa shape index (κ1) is 34.2. The van der Waals surface area contributed by atoms with Crippen LogP contribution in [0.15, 0.2) is 59.8 Å². The van der Waals surface area contributed by atoms with Gasteiger partial charge in [-0.3, -0.25) is 28.2 Å². The molecule has 0 aliphatic heterocycles. The van der Waals surface area contributed by atoms with Crippen molar-refractivity contribution in [2.24, 2.45) is 0 Å². The summed E-state index contributed by atoms with van der Waals surface area (Å²) in [4.78, 5) is 38.8. The van der Waals surface area contributed by atoms with Crippen molar-refractivity contribution in [2.45, 2.75) is 19.1 Å². The zero-order chi connectivity index (χ0) is 27.8. The van der Waals surface area contributed by atoms with Gasteiger partial charge in [-0.2, -0.15) is 13.2 Å². The second-order valence-electron chi connectivity index (χ2n) is 8.08. The Labute approximate surface area is 272 Å². The molecule has 17 heteroatoms. The summed E-state index contributed by atoms with van der Waals surface area (Å²) in [6.07, 6.45) is -2.95. The van der Waals surface area contributed by atoms with E-state index < -0.39 is 36.9 Å². The summed E-state index contributed by atoms with van der Waals surface area (Å²) in [6, 6.07) is 10.1. The Kier molecular flexibility index (Phi) is 11.4. The fraction of sp³-hybridized carbons (Fsp3) is 0.217. The van der Waals surface area contributed by atoms with Crippen molar-refractivity contribution in [3.05, 3.63) is 82.2 Å². The minimum atomic E-state index is -5.02. The first-order valence-electron chi connectivity index (χ1n) is 10.9. The molecule has 0 bridgehead atoms. The molecule has 11 nitrogen and oxygen atoms in total. The Balaban J connectivity index is 0.00000420. The number of carbonyl (C=O) groups excluding carboxylic acids is 1. The third-order valence-corrected chi connectivity index (χ3v) is 6.61. The number of phosphoric ester groups is 1. The Morgan fingerprint density at radius 2 is 1.90 bits per heavy atom. The molecule has 0 aliphatic carbocycles. The number of amides is 1. The van der Waals surface area contributed by atoms with Gasteiger partial charge in [0.15, 0.2) is 5.69 Å². The second kappa shape index (κ2) is 13.3. The summed E-state index contributed by atoms with van der Waals surface area (Å²) in [7, 11) is -2.55. The van der Waals surface area contributed by atoms with Gasteiger partial charge >= 0.3 is 73.1 Å². The molecule has 0 radical (unpaired) electrons. The minimum Gasteiger partial charge on any atom is -1.00 e. The van der Waals surface area contributed by atoms with Crippen molar-refractivity contribution >= 4 is 24.6 Å². The maximum Gasteiger partial charge on any atom is 1.00 e. The van der Waals surface area contributed by atoms with Crippen molar-refractivity contribution in [1.82, 2.24) is 24.8 Å².